The molecule has 0 bridgehead atoms. The van der Waals surface area contributed by atoms with Gasteiger partial charge in [0.2, 0.25) is 5.82 Å². The van der Waals surface area contributed by atoms with E-state index in [1.807, 2.05) is 31.2 Å². The highest BCUT2D eigenvalue weighted by Crippen LogP contribution is 2.28. The minimum atomic E-state index is -0.727. The fourth-order valence-electron chi connectivity index (χ4n) is 4.76. The highest BCUT2D eigenvalue weighted by atomic mass is 19.1. The van der Waals surface area contributed by atoms with Gasteiger partial charge in [0.1, 0.15) is 17.2 Å². The van der Waals surface area contributed by atoms with Crippen LogP contribution >= 0.6 is 0 Å². The van der Waals surface area contributed by atoms with Gasteiger partial charge in [-0.3, -0.25) is 10.1 Å². The molecular formula is C34H31FN8O5. The van der Waals surface area contributed by atoms with Crippen LogP contribution in [0.3, 0.4) is 0 Å². The van der Waals surface area contributed by atoms with Crippen LogP contribution in [0.4, 0.5) is 14.9 Å². The molecule has 48 heavy (non-hydrogen) atoms. The Balaban J connectivity index is 1.13. The summed E-state index contributed by atoms with van der Waals surface area (Å²) in [6.45, 7) is 7.31. The van der Waals surface area contributed by atoms with E-state index >= 15 is 4.39 Å². The van der Waals surface area contributed by atoms with Crippen molar-refractivity contribution in [3.8, 4) is 34.2 Å². The molecule has 3 N–H and O–H groups in total. The number of nitrogens with one attached hydrogen (secondary N) is 3. The summed E-state index contributed by atoms with van der Waals surface area (Å²) in [5, 5.41) is 23.4. The van der Waals surface area contributed by atoms with Gasteiger partial charge in [0.25, 0.3) is 11.8 Å². The van der Waals surface area contributed by atoms with Gasteiger partial charge in [0, 0.05) is 23.2 Å². The summed E-state index contributed by atoms with van der Waals surface area (Å²) in [5.74, 6) is 0.0798. The number of hydrogen-bond donors (Lipinski definition) is 3. The molecule has 6 rings (SSSR count). The van der Waals surface area contributed by atoms with Crippen LogP contribution in [0.15, 0.2) is 87.8 Å². The second-order valence-corrected chi connectivity index (χ2v) is 12.0. The lowest BCUT2D eigenvalue weighted by Gasteiger charge is -2.19. The van der Waals surface area contributed by atoms with Gasteiger partial charge in [0.05, 0.1) is 11.6 Å². The number of ether oxygens (including phenoxy) is 1. The Morgan fingerprint density at radius 3 is 2.42 bits per heavy atom. The molecule has 0 fully saturated rings. The third-order valence-corrected chi connectivity index (χ3v) is 7.08. The van der Waals surface area contributed by atoms with E-state index in [0.717, 1.165) is 11.1 Å². The molecule has 2 amide bonds. The van der Waals surface area contributed by atoms with Gasteiger partial charge in [-0.25, -0.2) is 14.3 Å². The van der Waals surface area contributed by atoms with Crippen LogP contribution in [0, 0.1) is 12.7 Å². The second kappa shape index (κ2) is 13.3. The minimum absolute atomic E-state index is 0.0523. The number of carbonyl (C=O) groups is 2. The first-order chi connectivity index (χ1) is 23.0. The zero-order chi connectivity index (χ0) is 33.8. The lowest BCUT2D eigenvalue weighted by atomic mass is 10.0. The third kappa shape index (κ3) is 7.61. The summed E-state index contributed by atoms with van der Waals surface area (Å²) in [4.78, 5) is 29.6. The van der Waals surface area contributed by atoms with Crippen molar-refractivity contribution in [1.82, 2.24) is 36.1 Å². The van der Waals surface area contributed by atoms with Gasteiger partial charge in [-0.1, -0.05) is 41.1 Å². The first-order valence-corrected chi connectivity index (χ1v) is 14.9. The van der Waals surface area contributed by atoms with Crippen molar-refractivity contribution < 1.29 is 27.7 Å². The molecule has 14 heteroatoms. The van der Waals surface area contributed by atoms with Crippen LogP contribution < -0.4 is 10.6 Å². The highest BCUT2D eigenvalue weighted by molar-refractivity contribution is 5.92. The largest absolute Gasteiger partial charge is 0.451 e. The number of aromatic nitrogens is 6. The fraction of sp³-hybridized carbons (Fsp3) is 0.206. The topological polar surface area (TPSA) is 174 Å². The smallest absolute Gasteiger partial charge is 0.412 e. The molecule has 13 nitrogen and oxygen atoms in total. The first kappa shape index (κ1) is 31.8. The number of amides is 2. The highest BCUT2D eigenvalue weighted by Gasteiger charge is 2.23. The van der Waals surface area contributed by atoms with E-state index in [0.29, 0.717) is 22.6 Å². The van der Waals surface area contributed by atoms with Crippen LogP contribution in [0.5, 0.6) is 0 Å². The molecule has 0 aliphatic heterocycles. The van der Waals surface area contributed by atoms with E-state index in [-0.39, 0.29) is 35.3 Å². The quantitative estimate of drug-likeness (QED) is 0.153. The maximum atomic E-state index is 15.4. The third-order valence-electron chi connectivity index (χ3n) is 7.08. The zero-order valence-corrected chi connectivity index (χ0v) is 26.4. The summed E-state index contributed by atoms with van der Waals surface area (Å²) in [6, 6.07) is 21.6. The Morgan fingerprint density at radius 2 is 1.73 bits per heavy atom. The molecule has 0 saturated carbocycles. The number of aryl methyl sites for hydroxylation is 1. The van der Waals surface area contributed by atoms with Crippen LogP contribution in [-0.2, 0) is 11.2 Å². The number of hydrogen-bond acceptors (Lipinski definition) is 10. The molecule has 3 heterocycles. The summed E-state index contributed by atoms with van der Waals surface area (Å²) in [5.41, 5.74) is 3.08. The summed E-state index contributed by atoms with van der Waals surface area (Å²) in [6.07, 6.45) is -0.419. The second-order valence-electron chi connectivity index (χ2n) is 12.0. The Morgan fingerprint density at radius 1 is 0.979 bits per heavy atom. The van der Waals surface area contributed by atoms with Crippen molar-refractivity contribution in [2.24, 2.45) is 0 Å². The van der Waals surface area contributed by atoms with Crippen molar-refractivity contribution in [1.29, 1.82) is 0 Å². The van der Waals surface area contributed by atoms with Crippen molar-refractivity contribution in [3.63, 3.8) is 0 Å². The molecular weight excluding hydrogens is 619 g/mol. The average molecular weight is 651 g/mol. The Bertz CT molecular complexity index is 2030. The van der Waals surface area contributed by atoms with Gasteiger partial charge >= 0.3 is 6.09 Å². The predicted octanol–water partition coefficient (Wildman–Crippen LogP) is 6.69. The van der Waals surface area contributed by atoms with Gasteiger partial charge in [-0.2, -0.15) is 4.98 Å². The van der Waals surface area contributed by atoms with Gasteiger partial charge in [-0.15, -0.1) is 5.10 Å². The summed E-state index contributed by atoms with van der Waals surface area (Å²) < 4.78 is 31.9. The van der Waals surface area contributed by atoms with Crippen molar-refractivity contribution >= 4 is 17.7 Å². The first-order valence-electron chi connectivity index (χ1n) is 14.9. The molecule has 3 aromatic heterocycles. The number of benzene rings is 3. The van der Waals surface area contributed by atoms with Gasteiger partial charge in [0.15, 0.2) is 11.6 Å². The molecule has 6 aromatic rings. The minimum Gasteiger partial charge on any atom is -0.451 e. The average Bonchev–Trinajstić information content (AvgIpc) is 3.84. The SMILES string of the molecule is Cc1ccc(-c2ccc(C(=O)NC(Cc3ccc(-c4noc(-c5ccc(NC(=O)OC(C)(C)C)cc5)n4)c(F)c3)c3nnn[nH]3)o2)cc1. The molecule has 244 valence electrons. The monoisotopic (exact) mass is 650 g/mol. The van der Waals surface area contributed by atoms with Crippen LogP contribution in [0.25, 0.3) is 34.2 Å². The zero-order valence-electron chi connectivity index (χ0n) is 26.4. The van der Waals surface area contributed by atoms with E-state index in [2.05, 4.69) is 41.4 Å². The lowest BCUT2D eigenvalue weighted by molar-refractivity contribution is 0.0635. The number of halogens is 1. The fourth-order valence-corrected chi connectivity index (χ4v) is 4.76. The van der Waals surface area contributed by atoms with E-state index in [1.54, 1.807) is 63.2 Å². The molecule has 1 unspecified atom stereocenters. The number of aromatic amines is 1. The van der Waals surface area contributed by atoms with Gasteiger partial charge in [-0.05, 0) is 92.2 Å². The normalized spacial score (nSPS) is 12.0. The maximum absolute atomic E-state index is 15.4. The molecule has 3 aromatic carbocycles. The number of tetrazole rings is 1. The lowest BCUT2D eigenvalue weighted by Crippen LogP contribution is -2.30. The number of rotatable bonds is 9. The Kier molecular flexibility index (Phi) is 8.79. The maximum Gasteiger partial charge on any atom is 0.412 e. The van der Waals surface area contributed by atoms with E-state index in [1.165, 1.54) is 12.1 Å². The summed E-state index contributed by atoms with van der Waals surface area (Å²) >= 11 is 0. The molecule has 0 aliphatic carbocycles. The Labute approximate surface area is 273 Å². The number of furan rings is 1. The summed E-state index contributed by atoms with van der Waals surface area (Å²) in [7, 11) is 0. The van der Waals surface area contributed by atoms with Crippen LogP contribution in [0.2, 0.25) is 0 Å². The molecule has 0 saturated heterocycles. The number of H-pyrrole nitrogens is 1. The van der Waals surface area contributed by atoms with Crippen molar-refractivity contribution in [2.75, 3.05) is 5.32 Å². The molecule has 1 atom stereocenters. The number of carbonyl (C=O) groups excluding carboxylic acids is 2. The molecule has 0 aliphatic rings. The Hall–Kier alpha value is -6.18. The number of nitrogens with zero attached hydrogens (tertiary/aromatic N) is 5. The standard InChI is InChI=1S/C34H31FN8O5/c1-19-5-8-21(9-6-19)27-15-16-28(46-27)31(44)37-26(30-39-42-43-40-30)18-20-7-14-24(25(35)17-20)29-38-32(48-41-29)22-10-12-23(13-11-22)36-33(45)47-34(2,3)4/h5-17,26H,18H2,1-4H3,(H,36,45)(H,37,44)(H,39,40,42,43). The van der Waals surface area contributed by atoms with E-state index in [4.69, 9.17) is 13.7 Å². The molecule has 0 radical (unpaired) electrons. The van der Waals surface area contributed by atoms with Crippen LogP contribution in [0.1, 0.15) is 54.3 Å². The number of anilines is 1. The van der Waals surface area contributed by atoms with E-state index in [9.17, 15) is 9.59 Å². The van der Waals surface area contributed by atoms with Crippen LogP contribution in [-0.4, -0.2) is 48.4 Å². The van der Waals surface area contributed by atoms with Gasteiger partial charge < -0.3 is 19.0 Å². The predicted molar refractivity (Wildman–Crippen MR) is 172 cm³/mol. The van der Waals surface area contributed by atoms with Crippen molar-refractivity contribution in [3.05, 3.63) is 107 Å². The van der Waals surface area contributed by atoms with Crippen molar-refractivity contribution in [2.45, 2.75) is 45.8 Å². The van der Waals surface area contributed by atoms with E-state index < -0.39 is 29.5 Å². The molecule has 0 spiro atoms.